The van der Waals surface area contributed by atoms with Crippen molar-refractivity contribution in [3.8, 4) is 0 Å². The van der Waals surface area contributed by atoms with Gasteiger partial charge in [0.15, 0.2) is 5.82 Å². The van der Waals surface area contributed by atoms with Crippen molar-refractivity contribution < 1.29 is 23.8 Å². The molecule has 0 spiro atoms. The molecule has 1 aromatic carbocycles. The number of carbonyl (C=O) groups is 2. The fourth-order valence-corrected chi connectivity index (χ4v) is 3.26. The average molecular weight is 431 g/mol. The summed E-state index contributed by atoms with van der Waals surface area (Å²) in [5.74, 6) is -0.492. The lowest BCUT2D eigenvalue weighted by Gasteiger charge is -2.34. The first kappa shape index (κ1) is 22.4. The topological polar surface area (TPSA) is 107 Å². The lowest BCUT2D eigenvalue weighted by atomic mass is 10.1. The molecule has 0 atom stereocenters. The summed E-state index contributed by atoms with van der Waals surface area (Å²) in [5.41, 5.74) is 1.87. The van der Waals surface area contributed by atoms with Gasteiger partial charge in [-0.15, -0.1) is 0 Å². The number of nitrogens with zero attached hydrogens (tertiary/aromatic N) is 3. The van der Waals surface area contributed by atoms with Crippen molar-refractivity contribution in [3.05, 3.63) is 53.6 Å². The van der Waals surface area contributed by atoms with Crippen molar-refractivity contribution in [1.82, 2.24) is 14.8 Å². The minimum Gasteiger partial charge on any atom is -0.447 e. The van der Waals surface area contributed by atoms with Crippen LogP contribution in [0.25, 0.3) is 0 Å². The number of benzene rings is 1. The van der Waals surface area contributed by atoms with Crippen LogP contribution in [0.1, 0.15) is 11.3 Å². The molecular weight excluding hydrogens is 405 g/mol. The molecule has 0 aliphatic carbocycles. The van der Waals surface area contributed by atoms with Gasteiger partial charge in [-0.3, -0.25) is 9.88 Å². The van der Waals surface area contributed by atoms with Gasteiger partial charge in [-0.25, -0.2) is 14.0 Å². The summed E-state index contributed by atoms with van der Waals surface area (Å²) in [7, 11) is 0. The number of piperazine rings is 1. The summed E-state index contributed by atoms with van der Waals surface area (Å²) in [6.07, 6.45) is 1.12. The van der Waals surface area contributed by atoms with E-state index in [0.29, 0.717) is 44.0 Å². The molecular formula is C21H26FN5O4. The highest BCUT2D eigenvalue weighted by atomic mass is 19.1. The number of aliphatic hydroxyl groups is 1. The van der Waals surface area contributed by atoms with Gasteiger partial charge in [0.2, 0.25) is 0 Å². The van der Waals surface area contributed by atoms with E-state index in [1.54, 1.807) is 35.4 Å². The molecule has 3 rings (SSSR count). The quantitative estimate of drug-likeness (QED) is 0.649. The van der Waals surface area contributed by atoms with Gasteiger partial charge in [-0.2, -0.15) is 0 Å². The molecule has 0 bridgehead atoms. The number of amides is 3. The smallest absolute Gasteiger partial charge is 0.409 e. The predicted molar refractivity (Wildman–Crippen MR) is 113 cm³/mol. The third-order valence-electron chi connectivity index (χ3n) is 4.82. The fourth-order valence-electron chi connectivity index (χ4n) is 3.26. The van der Waals surface area contributed by atoms with Crippen LogP contribution >= 0.6 is 0 Å². The van der Waals surface area contributed by atoms with Gasteiger partial charge in [0, 0.05) is 55.9 Å². The average Bonchev–Trinajstić information content (AvgIpc) is 2.75. The number of aryl methyl sites for hydroxylation is 1. The van der Waals surface area contributed by atoms with Crippen molar-refractivity contribution in [3.63, 3.8) is 0 Å². The van der Waals surface area contributed by atoms with Crippen LogP contribution in [-0.2, 0) is 11.3 Å². The van der Waals surface area contributed by atoms with Crippen molar-refractivity contribution in [2.75, 3.05) is 50.0 Å². The minimum absolute atomic E-state index is 0.0294. The zero-order chi connectivity index (χ0) is 22.2. The molecule has 2 aromatic rings. The van der Waals surface area contributed by atoms with E-state index < -0.39 is 17.9 Å². The summed E-state index contributed by atoms with van der Waals surface area (Å²) in [6.45, 7) is 3.96. The van der Waals surface area contributed by atoms with Crippen LogP contribution in [0, 0.1) is 12.7 Å². The Bertz CT molecular complexity index is 918. The number of rotatable bonds is 6. The van der Waals surface area contributed by atoms with Gasteiger partial charge in [0.05, 0.1) is 12.3 Å². The number of aromatic nitrogens is 1. The number of urea groups is 1. The number of pyridine rings is 1. The van der Waals surface area contributed by atoms with E-state index in [1.165, 1.54) is 6.07 Å². The largest absolute Gasteiger partial charge is 0.447 e. The van der Waals surface area contributed by atoms with Crippen LogP contribution in [0.15, 0.2) is 36.5 Å². The summed E-state index contributed by atoms with van der Waals surface area (Å²) < 4.78 is 19.9. The molecule has 1 fully saturated rings. The number of carbonyl (C=O) groups excluding carboxylic acids is 2. The number of aliphatic hydroxyl groups excluding tert-OH is 1. The molecule has 3 N–H and O–H groups in total. The van der Waals surface area contributed by atoms with Gasteiger partial charge < -0.3 is 25.4 Å². The van der Waals surface area contributed by atoms with E-state index in [0.717, 1.165) is 5.69 Å². The first-order valence-electron chi connectivity index (χ1n) is 9.99. The lowest BCUT2D eigenvalue weighted by molar-refractivity contribution is 0.0628. The normalized spacial score (nSPS) is 14.2. The second kappa shape index (κ2) is 10.7. The Hall–Kier alpha value is -3.24. The second-order valence-corrected chi connectivity index (χ2v) is 7.14. The Morgan fingerprint density at radius 3 is 2.68 bits per heavy atom. The summed E-state index contributed by atoms with van der Waals surface area (Å²) in [6, 6.07) is 7.69. The number of halogens is 1. The molecule has 2 heterocycles. The van der Waals surface area contributed by atoms with Crippen LogP contribution < -0.4 is 10.6 Å². The highest BCUT2D eigenvalue weighted by Crippen LogP contribution is 2.21. The maximum absolute atomic E-state index is 14.9. The second-order valence-electron chi connectivity index (χ2n) is 7.14. The van der Waals surface area contributed by atoms with E-state index in [1.807, 2.05) is 11.8 Å². The molecule has 1 aliphatic rings. The minimum atomic E-state index is -0.545. The number of hydrogen-bond donors (Lipinski definition) is 3. The van der Waals surface area contributed by atoms with Crippen LogP contribution in [0.4, 0.5) is 25.4 Å². The molecule has 166 valence electrons. The number of hydrogen-bond acceptors (Lipinski definition) is 6. The SMILES string of the molecule is Cc1cc(NC(=O)Nc2cccc(CN3CCN(C(=O)OCCO)CC3)c2F)ccn1. The van der Waals surface area contributed by atoms with Gasteiger partial charge in [0.25, 0.3) is 0 Å². The standard InChI is InChI=1S/C21H26FN5O4/c1-15-13-17(5-6-23-15)24-20(29)25-18-4-2-3-16(19(18)22)14-26-7-9-27(10-8-26)21(30)31-12-11-28/h2-6,13,28H,7-12,14H2,1H3,(H2,23,24,25,29). The number of anilines is 2. The zero-order valence-corrected chi connectivity index (χ0v) is 17.3. The molecule has 0 unspecified atom stereocenters. The molecule has 9 nitrogen and oxygen atoms in total. The molecule has 1 aromatic heterocycles. The van der Waals surface area contributed by atoms with Gasteiger partial charge >= 0.3 is 12.1 Å². The highest BCUT2D eigenvalue weighted by molar-refractivity contribution is 5.99. The Balaban J connectivity index is 1.55. The molecule has 0 saturated carbocycles. The van der Waals surface area contributed by atoms with E-state index in [2.05, 4.69) is 15.6 Å². The zero-order valence-electron chi connectivity index (χ0n) is 17.3. The third kappa shape index (κ3) is 6.37. The van der Waals surface area contributed by atoms with Crippen molar-refractivity contribution in [1.29, 1.82) is 0 Å². The van der Waals surface area contributed by atoms with E-state index in [-0.39, 0.29) is 18.9 Å². The number of nitrogens with one attached hydrogen (secondary N) is 2. The summed E-state index contributed by atoms with van der Waals surface area (Å²) >= 11 is 0. The lowest BCUT2D eigenvalue weighted by Crippen LogP contribution is -2.48. The Morgan fingerprint density at radius 2 is 1.97 bits per heavy atom. The maximum atomic E-state index is 14.9. The van der Waals surface area contributed by atoms with Gasteiger partial charge in [-0.05, 0) is 25.1 Å². The fraction of sp³-hybridized carbons (Fsp3) is 0.381. The van der Waals surface area contributed by atoms with E-state index in [9.17, 15) is 14.0 Å². The maximum Gasteiger partial charge on any atom is 0.409 e. The van der Waals surface area contributed by atoms with Crippen LogP contribution in [0.5, 0.6) is 0 Å². The molecule has 10 heteroatoms. The van der Waals surface area contributed by atoms with Gasteiger partial charge in [-0.1, -0.05) is 12.1 Å². The van der Waals surface area contributed by atoms with E-state index >= 15 is 0 Å². The highest BCUT2D eigenvalue weighted by Gasteiger charge is 2.23. The Kier molecular flexibility index (Phi) is 7.74. The third-order valence-corrected chi connectivity index (χ3v) is 4.82. The van der Waals surface area contributed by atoms with Gasteiger partial charge in [0.1, 0.15) is 6.61 Å². The first-order chi connectivity index (χ1) is 15.0. The van der Waals surface area contributed by atoms with E-state index in [4.69, 9.17) is 9.84 Å². The van der Waals surface area contributed by atoms with Crippen molar-refractivity contribution >= 4 is 23.5 Å². The van der Waals surface area contributed by atoms with Crippen LogP contribution in [-0.4, -0.2) is 71.4 Å². The molecule has 1 aliphatic heterocycles. The van der Waals surface area contributed by atoms with Crippen LogP contribution in [0.3, 0.4) is 0 Å². The predicted octanol–water partition coefficient (Wildman–Crippen LogP) is 2.42. The molecule has 3 amide bonds. The number of ether oxygens (including phenoxy) is 1. The van der Waals surface area contributed by atoms with Crippen molar-refractivity contribution in [2.45, 2.75) is 13.5 Å². The summed E-state index contributed by atoms with van der Waals surface area (Å²) in [5, 5.41) is 13.9. The first-order valence-corrected chi connectivity index (χ1v) is 9.99. The molecule has 0 radical (unpaired) electrons. The van der Waals surface area contributed by atoms with Crippen LogP contribution in [0.2, 0.25) is 0 Å². The Labute approximate surface area is 179 Å². The Morgan fingerprint density at radius 1 is 1.19 bits per heavy atom. The van der Waals surface area contributed by atoms with Crippen molar-refractivity contribution in [2.24, 2.45) is 0 Å². The molecule has 31 heavy (non-hydrogen) atoms. The monoisotopic (exact) mass is 431 g/mol. The molecule has 1 saturated heterocycles. The summed E-state index contributed by atoms with van der Waals surface area (Å²) in [4.78, 5) is 31.7.